The molecule has 0 aliphatic heterocycles. The third-order valence-corrected chi connectivity index (χ3v) is 3.49. The smallest absolute Gasteiger partial charge is 0.0459 e. The van der Waals surface area contributed by atoms with Crippen molar-refractivity contribution in [2.75, 3.05) is 0 Å². The highest BCUT2D eigenvalue weighted by Crippen LogP contribution is 2.41. The Bertz CT molecular complexity index is 491. The monoisotopic (exact) mass is 185 g/mol. The molecule has 0 atom stereocenters. The van der Waals surface area contributed by atoms with Gasteiger partial charge in [-0.15, -0.1) is 0 Å². The normalized spacial score (nSPS) is 18.7. The summed E-state index contributed by atoms with van der Waals surface area (Å²) in [5.41, 5.74) is 4.64. The molecule has 14 heavy (non-hydrogen) atoms. The first-order valence-corrected chi connectivity index (χ1v) is 5.28. The highest BCUT2D eigenvalue weighted by molar-refractivity contribution is 5.85. The Morgan fingerprint density at radius 2 is 2.00 bits per heavy atom. The SMILES string of the molecule is CC1(C)CCc2c1[nH]c1ccccc21. The van der Waals surface area contributed by atoms with Crippen LogP contribution < -0.4 is 0 Å². The molecule has 1 aliphatic carbocycles. The van der Waals surface area contributed by atoms with Gasteiger partial charge in [-0.05, 0) is 24.5 Å². The molecule has 1 heterocycles. The maximum absolute atomic E-state index is 3.57. The molecular weight excluding hydrogens is 170 g/mol. The van der Waals surface area contributed by atoms with Gasteiger partial charge in [-0.3, -0.25) is 0 Å². The van der Waals surface area contributed by atoms with Gasteiger partial charge in [-0.25, -0.2) is 0 Å². The van der Waals surface area contributed by atoms with Crippen molar-refractivity contribution in [2.24, 2.45) is 0 Å². The summed E-state index contributed by atoms with van der Waals surface area (Å²) < 4.78 is 0. The molecule has 0 amide bonds. The lowest BCUT2D eigenvalue weighted by atomic mass is 9.91. The first-order chi connectivity index (χ1) is 6.68. The molecule has 0 bridgehead atoms. The van der Waals surface area contributed by atoms with Gasteiger partial charge < -0.3 is 4.98 Å². The molecule has 3 rings (SSSR count). The summed E-state index contributed by atoms with van der Waals surface area (Å²) in [5.74, 6) is 0. The third kappa shape index (κ3) is 0.899. The number of hydrogen-bond donors (Lipinski definition) is 1. The van der Waals surface area contributed by atoms with E-state index >= 15 is 0 Å². The lowest BCUT2D eigenvalue weighted by Crippen LogP contribution is -2.12. The van der Waals surface area contributed by atoms with E-state index < -0.39 is 0 Å². The van der Waals surface area contributed by atoms with Crippen molar-refractivity contribution < 1.29 is 0 Å². The van der Waals surface area contributed by atoms with Gasteiger partial charge in [0.15, 0.2) is 0 Å². The minimum absolute atomic E-state index is 0.342. The summed E-state index contributed by atoms with van der Waals surface area (Å²) >= 11 is 0. The standard InChI is InChI=1S/C13H15N/c1-13(2)8-7-10-9-5-3-4-6-11(9)14-12(10)13/h3-6,14H,7-8H2,1-2H3. The number of fused-ring (bicyclic) bond motifs is 3. The molecule has 1 aromatic heterocycles. The fraction of sp³-hybridized carbons (Fsp3) is 0.385. The Labute approximate surface area is 84.1 Å². The van der Waals surface area contributed by atoms with E-state index in [4.69, 9.17) is 0 Å². The van der Waals surface area contributed by atoms with Crippen molar-refractivity contribution in [1.82, 2.24) is 4.98 Å². The highest BCUT2D eigenvalue weighted by Gasteiger charge is 2.32. The fourth-order valence-electron chi connectivity index (χ4n) is 2.60. The Morgan fingerprint density at radius 1 is 1.21 bits per heavy atom. The van der Waals surface area contributed by atoms with E-state index in [-0.39, 0.29) is 0 Å². The Kier molecular flexibility index (Phi) is 1.40. The van der Waals surface area contributed by atoms with Crippen LogP contribution in [0.5, 0.6) is 0 Å². The molecule has 0 spiro atoms. The maximum atomic E-state index is 3.57. The van der Waals surface area contributed by atoms with Gasteiger partial charge in [0, 0.05) is 22.0 Å². The van der Waals surface area contributed by atoms with Crippen LogP contribution in [0, 0.1) is 0 Å². The first kappa shape index (κ1) is 8.10. The van der Waals surface area contributed by atoms with Crippen LogP contribution in [0.2, 0.25) is 0 Å². The largest absolute Gasteiger partial charge is 0.358 e. The number of para-hydroxylation sites is 1. The van der Waals surface area contributed by atoms with Crippen molar-refractivity contribution in [3.8, 4) is 0 Å². The number of rotatable bonds is 0. The quantitative estimate of drug-likeness (QED) is 0.647. The van der Waals surface area contributed by atoms with E-state index in [2.05, 4.69) is 43.1 Å². The number of H-pyrrole nitrogens is 1. The van der Waals surface area contributed by atoms with E-state index in [9.17, 15) is 0 Å². The molecule has 72 valence electrons. The van der Waals surface area contributed by atoms with Crippen LogP contribution in [0.4, 0.5) is 0 Å². The number of aromatic nitrogens is 1. The van der Waals surface area contributed by atoms with Gasteiger partial charge in [0.05, 0.1) is 0 Å². The Morgan fingerprint density at radius 3 is 2.86 bits per heavy atom. The zero-order valence-corrected chi connectivity index (χ0v) is 8.72. The summed E-state index contributed by atoms with van der Waals surface area (Å²) in [7, 11) is 0. The number of hydrogen-bond acceptors (Lipinski definition) is 0. The van der Waals surface area contributed by atoms with Crippen molar-refractivity contribution in [3.63, 3.8) is 0 Å². The van der Waals surface area contributed by atoms with Crippen LogP contribution in [0.15, 0.2) is 24.3 Å². The summed E-state index contributed by atoms with van der Waals surface area (Å²) in [6.07, 6.45) is 2.51. The predicted molar refractivity (Wildman–Crippen MR) is 59.6 cm³/mol. The third-order valence-electron chi connectivity index (χ3n) is 3.49. The number of aryl methyl sites for hydroxylation is 1. The molecule has 0 saturated heterocycles. The summed E-state index contributed by atoms with van der Waals surface area (Å²) in [6.45, 7) is 4.66. The van der Waals surface area contributed by atoms with E-state index in [1.807, 2.05) is 0 Å². The van der Waals surface area contributed by atoms with Crippen molar-refractivity contribution in [3.05, 3.63) is 35.5 Å². The molecule has 0 unspecified atom stereocenters. The van der Waals surface area contributed by atoms with Crippen molar-refractivity contribution >= 4 is 10.9 Å². The summed E-state index contributed by atoms with van der Waals surface area (Å²) in [4.78, 5) is 3.57. The van der Waals surface area contributed by atoms with Crippen LogP contribution in [-0.4, -0.2) is 4.98 Å². The molecular formula is C13H15N. The Hall–Kier alpha value is -1.24. The molecule has 1 aliphatic rings. The van der Waals surface area contributed by atoms with Crippen LogP contribution in [0.25, 0.3) is 10.9 Å². The molecule has 1 nitrogen and oxygen atoms in total. The minimum atomic E-state index is 0.342. The molecule has 0 saturated carbocycles. The lowest BCUT2D eigenvalue weighted by molar-refractivity contribution is 0.510. The zero-order chi connectivity index (χ0) is 9.76. The van der Waals surface area contributed by atoms with Crippen molar-refractivity contribution in [2.45, 2.75) is 32.1 Å². The van der Waals surface area contributed by atoms with Gasteiger partial charge in [-0.2, -0.15) is 0 Å². The second-order valence-electron chi connectivity index (χ2n) is 4.91. The number of aromatic amines is 1. The van der Waals surface area contributed by atoms with Crippen LogP contribution in [-0.2, 0) is 11.8 Å². The second kappa shape index (κ2) is 2.41. The zero-order valence-electron chi connectivity index (χ0n) is 8.72. The van der Waals surface area contributed by atoms with Gasteiger partial charge in [0.1, 0.15) is 0 Å². The summed E-state index contributed by atoms with van der Waals surface area (Å²) in [5, 5.41) is 1.42. The van der Waals surface area contributed by atoms with Crippen LogP contribution in [0.1, 0.15) is 31.5 Å². The van der Waals surface area contributed by atoms with E-state index in [0.717, 1.165) is 0 Å². The number of benzene rings is 1. The molecule has 1 aromatic carbocycles. The molecule has 1 N–H and O–H groups in total. The predicted octanol–water partition coefficient (Wildman–Crippen LogP) is 3.39. The lowest BCUT2D eigenvalue weighted by Gasteiger charge is -2.16. The number of nitrogens with one attached hydrogen (secondary N) is 1. The summed E-state index contributed by atoms with van der Waals surface area (Å²) in [6, 6.07) is 8.62. The molecule has 0 radical (unpaired) electrons. The molecule has 0 fully saturated rings. The van der Waals surface area contributed by atoms with Crippen molar-refractivity contribution in [1.29, 1.82) is 0 Å². The van der Waals surface area contributed by atoms with E-state index in [1.165, 1.54) is 29.4 Å². The van der Waals surface area contributed by atoms with E-state index in [1.54, 1.807) is 5.56 Å². The molecule has 1 heteroatoms. The average Bonchev–Trinajstić information content (AvgIpc) is 2.65. The van der Waals surface area contributed by atoms with Crippen LogP contribution >= 0.6 is 0 Å². The van der Waals surface area contributed by atoms with Gasteiger partial charge >= 0.3 is 0 Å². The second-order valence-corrected chi connectivity index (χ2v) is 4.91. The minimum Gasteiger partial charge on any atom is -0.358 e. The van der Waals surface area contributed by atoms with Gasteiger partial charge in [0.2, 0.25) is 0 Å². The first-order valence-electron chi connectivity index (χ1n) is 5.28. The maximum Gasteiger partial charge on any atom is 0.0459 e. The van der Waals surface area contributed by atoms with E-state index in [0.29, 0.717) is 5.41 Å². The molecule has 2 aromatic rings. The highest BCUT2D eigenvalue weighted by atomic mass is 14.8. The van der Waals surface area contributed by atoms with Gasteiger partial charge in [-0.1, -0.05) is 32.0 Å². The van der Waals surface area contributed by atoms with Gasteiger partial charge in [0.25, 0.3) is 0 Å². The fourth-order valence-corrected chi connectivity index (χ4v) is 2.60. The Balaban J connectivity index is 2.37. The van der Waals surface area contributed by atoms with Crippen LogP contribution in [0.3, 0.4) is 0 Å². The topological polar surface area (TPSA) is 15.8 Å². The average molecular weight is 185 g/mol.